The van der Waals surface area contributed by atoms with E-state index in [-0.39, 0.29) is 24.9 Å². The standard InChI is InChI=1S/C15H21NO5/c1-9-10(5-4-6-12(9)17)14(19)16-11-7-20-15(2,3)21-8-13(11)18/h4-6,11,13,17-18H,7-8H2,1-3H3,(H,16,19). The van der Waals surface area contributed by atoms with Crippen LogP contribution in [0.2, 0.25) is 0 Å². The molecule has 2 rings (SSSR count). The van der Waals surface area contributed by atoms with Crippen molar-refractivity contribution >= 4 is 5.91 Å². The van der Waals surface area contributed by atoms with Crippen molar-refractivity contribution in [3.8, 4) is 5.75 Å². The summed E-state index contributed by atoms with van der Waals surface area (Å²) in [6.07, 6.45) is -0.853. The third-order valence-corrected chi connectivity index (χ3v) is 3.54. The molecule has 1 aromatic rings. The first-order valence-electron chi connectivity index (χ1n) is 6.85. The number of aromatic hydroxyl groups is 1. The Balaban J connectivity index is 2.10. The maximum absolute atomic E-state index is 12.3. The summed E-state index contributed by atoms with van der Waals surface area (Å²) in [6.45, 7) is 5.40. The zero-order valence-electron chi connectivity index (χ0n) is 12.4. The van der Waals surface area contributed by atoms with Gasteiger partial charge in [0.2, 0.25) is 0 Å². The van der Waals surface area contributed by atoms with Crippen LogP contribution in [0.15, 0.2) is 18.2 Å². The number of hydrogen-bond acceptors (Lipinski definition) is 5. The van der Waals surface area contributed by atoms with Crippen LogP contribution in [-0.2, 0) is 9.47 Å². The van der Waals surface area contributed by atoms with E-state index >= 15 is 0 Å². The topological polar surface area (TPSA) is 88.0 Å². The molecule has 6 nitrogen and oxygen atoms in total. The van der Waals surface area contributed by atoms with Crippen molar-refractivity contribution in [2.45, 2.75) is 38.7 Å². The molecule has 21 heavy (non-hydrogen) atoms. The van der Waals surface area contributed by atoms with Gasteiger partial charge in [0.1, 0.15) is 5.75 Å². The molecule has 1 fully saturated rings. The molecule has 1 aliphatic heterocycles. The fraction of sp³-hybridized carbons (Fsp3) is 0.533. The van der Waals surface area contributed by atoms with Crippen LogP contribution in [0.3, 0.4) is 0 Å². The number of hydrogen-bond donors (Lipinski definition) is 3. The minimum absolute atomic E-state index is 0.0600. The number of aliphatic hydroxyl groups is 1. The Morgan fingerprint density at radius 3 is 2.71 bits per heavy atom. The molecular formula is C15H21NO5. The zero-order chi connectivity index (χ0) is 15.6. The molecule has 1 saturated heterocycles. The molecule has 0 aliphatic carbocycles. The van der Waals surface area contributed by atoms with Gasteiger partial charge in [0, 0.05) is 11.1 Å². The van der Waals surface area contributed by atoms with E-state index < -0.39 is 17.9 Å². The number of phenolic OH excluding ortho intramolecular Hbond substituents is 1. The van der Waals surface area contributed by atoms with Gasteiger partial charge in [0.05, 0.1) is 25.4 Å². The van der Waals surface area contributed by atoms with Crippen molar-refractivity contribution in [2.75, 3.05) is 13.2 Å². The number of ether oxygens (including phenoxy) is 2. The largest absolute Gasteiger partial charge is 0.508 e. The molecule has 2 atom stereocenters. The number of amides is 1. The van der Waals surface area contributed by atoms with E-state index in [9.17, 15) is 15.0 Å². The second-order valence-electron chi connectivity index (χ2n) is 5.62. The molecule has 0 radical (unpaired) electrons. The fourth-order valence-electron chi connectivity index (χ4n) is 2.10. The van der Waals surface area contributed by atoms with Gasteiger partial charge in [-0.2, -0.15) is 0 Å². The highest BCUT2D eigenvalue weighted by Gasteiger charge is 2.32. The summed E-state index contributed by atoms with van der Waals surface area (Å²) < 4.78 is 10.9. The van der Waals surface area contributed by atoms with E-state index in [1.165, 1.54) is 6.07 Å². The highest BCUT2D eigenvalue weighted by atomic mass is 16.7. The number of rotatable bonds is 2. The number of carbonyl (C=O) groups excluding carboxylic acids is 1. The maximum atomic E-state index is 12.3. The number of carbonyl (C=O) groups is 1. The quantitative estimate of drug-likeness (QED) is 0.756. The number of nitrogens with one attached hydrogen (secondary N) is 1. The summed E-state index contributed by atoms with van der Waals surface area (Å²) in [5.74, 6) is -1.10. The van der Waals surface area contributed by atoms with Gasteiger partial charge in [-0.25, -0.2) is 0 Å². The Morgan fingerprint density at radius 1 is 1.33 bits per heavy atom. The predicted octanol–water partition coefficient (Wildman–Crippen LogP) is 0.943. The van der Waals surface area contributed by atoms with E-state index in [0.29, 0.717) is 11.1 Å². The zero-order valence-corrected chi connectivity index (χ0v) is 12.4. The molecule has 116 valence electrons. The van der Waals surface area contributed by atoms with Gasteiger partial charge in [-0.3, -0.25) is 4.79 Å². The summed E-state index contributed by atoms with van der Waals surface area (Å²) in [6, 6.07) is 4.17. The van der Waals surface area contributed by atoms with Crippen LogP contribution in [0.1, 0.15) is 29.8 Å². The van der Waals surface area contributed by atoms with Gasteiger partial charge in [0.25, 0.3) is 5.91 Å². The minimum atomic E-state index is -0.853. The van der Waals surface area contributed by atoms with Crippen LogP contribution in [0.25, 0.3) is 0 Å². The number of benzene rings is 1. The summed E-state index contributed by atoms with van der Waals surface area (Å²) in [5, 5.41) is 22.4. The Morgan fingerprint density at radius 2 is 2.00 bits per heavy atom. The first kappa shape index (κ1) is 15.8. The first-order chi connectivity index (χ1) is 9.80. The normalized spacial score (nSPS) is 25.1. The lowest BCUT2D eigenvalue weighted by atomic mass is 10.1. The molecule has 0 aromatic heterocycles. The molecule has 1 heterocycles. The van der Waals surface area contributed by atoms with Crippen LogP contribution in [-0.4, -0.2) is 47.3 Å². The van der Waals surface area contributed by atoms with Gasteiger partial charge >= 0.3 is 0 Å². The lowest BCUT2D eigenvalue weighted by Gasteiger charge is -2.23. The molecule has 0 saturated carbocycles. The van der Waals surface area contributed by atoms with E-state index in [1.54, 1.807) is 32.9 Å². The molecule has 1 aromatic carbocycles. The Bertz CT molecular complexity index is 529. The number of phenols is 1. The third-order valence-electron chi connectivity index (χ3n) is 3.54. The first-order valence-corrected chi connectivity index (χ1v) is 6.85. The van der Waals surface area contributed by atoms with Gasteiger partial charge in [-0.15, -0.1) is 0 Å². The fourth-order valence-corrected chi connectivity index (χ4v) is 2.10. The maximum Gasteiger partial charge on any atom is 0.252 e. The smallest absolute Gasteiger partial charge is 0.252 e. The monoisotopic (exact) mass is 295 g/mol. The Kier molecular flexibility index (Phi) is 4.51. The van der Waals surface area contributed by atoms with E-state index in [2.05, 4.69) is 5.32 Å². The van der Waals surface area contributed by atoms with Gasteiger partial charge in [-0.1, -0.05) is 6.07 Å². The molecule has 3 N–H and O–H groups in total. The molecular weight excluding hydrogens is 274 g/mol. The lowest BCUT2D eigenvalue weighted by Crippen LogP contribution is -2.47. The van der Waals surface area contributed by atoms with Gasteiger partial charge in [0.15, 0.2) is 5.79 Å². The Labute approximate surface area is 123 Å². The van der Waals surface area contributed by atoms with Crippen LogP contribution in [0.5, 0.6) is 5.75 Å². The average molecular weight is 295 g/mol. The summed E-state index contributed by atoms with van der Waals surface area (Å²) in [7, 11) is 0. The van der Waals surface area contributed by atoms with Crippen molar-refractivity contribution < 1.29 is 24.5 Å². The molecule has 1 amide bonds. The minimum Gasteiger partial charge on any atom is -0.508 e. The SMILES string of the molecule is Cc1c(O)cccc1C(=O)NC1COC(C)(C)OCC1O. The molecule has 1 aliphatic rings. The third kappa shape index (κ3) is 3.72. The highest BCUT2D eigenvalue weighted by molar-refractivity contribution is 5.96. The highest BCUT2D eigenvalue weighted by Crippen LogP contribution is 2.21. The van der Waals surface area contributed by atoms with E-state index in [0.717, 1.165) is 0 Å². The number of aliphatic hydroxyl groups excluding tert-OH is 1. The summed E-state index contributed by atoms with van der Waals surface area (Å²) >= 11 is 0. The van der Waals surface area contributed by atoms with E-state index in [4.69, 9.17) is 9.47 Å². The average Bonchev–Trinajstić information content (AvgIpc) is 2.55. The predicted molar refractivity (Wildman–Crippen MR) is 76.1 cm³/mol. The molecule has 2 unspecified atom stereocenters. The van der Waals surface area contributed by atoms with Gasteiger partial charge < -0.3 is 25.0 Å². The van der Waals surface area contributed by atoms with Crippen molar-refractivity contribution in [1.29, 1.82) is 0 Å². The van der Waals surface area contributed by atoms with Crippen LogP contribution < -0.4 is 5.32 Å². The van der Waals surface area contributed by atoms with Crippen LogP contribution >= 0.6 is 0 Å². The molecule has 0 bridgehead atoms. The van der Waals surface area contributed by atoms with Crippen molar-refractivity contribution in [3.05, 3.63) is 29.3 Å². The lowest BCUT2D eigenvalue weighted by molar-refractivity contribution is -0.203. The van der Waals surface area contributed by atoms with Crippen molar-refractivity contribution in [2.24, 2.45) is 0 Å². The van der Waals surface area contributed by atoms with Crippen molar-refractivity contribution in [3.63, 3.8) is 0 Å². The molecule has 6 heteroatoms. The van der Waals surface area contributed by atoms with Crippen LogP contribution in [0, 0.1) is 6.92 Å². The second-order valence-corrected chi connectivity index (χ2v) is 5.62. The van der Waals surface area contributed by atoms with Crippen molar-refractivity contribution in [1.82, 2.24) is 5.32 Å². The van der Waals surface area contributed by atoms with Gasteiger partial charge in [-0.05, 0) is 32.9 Å². The Hall–Kier alpha value is -1.63. The van der Waals surface area contributed by atoms with Crippen LogP contribution in [0.4, 0.5) is 0 Å². The molecule has 0 spiro atoms. The summed E-state index contributed by atoms with van der Waals surface area (Å²) in [4.78, 5) is 12.3. The summed E-state index contributed by atoms with van der Waals surface area (Å²) in [5.41, 5.74) is 0.863. The van der Waals surface area contributed by atoms with E-state index in [1.807, 2.05) is 0 Å². The second kappa shape index (κ2) is 6.01.